The van der Waals surface area contributed by atoms with Crippen LogP contribution in [0.15, 0.2) is 17.2 Å². The Labute approximate surface area is 93.6 Å². The third kappa shape index (κ3) is 4.63. The minimum atomic E-state index is -4.36. The third-order valence-electron chi connectivity index (χ3n) is 1.59. The second-order valence-electron chi connectivity index (χ2n) is 2.91. The number of halogens is 4. The van der Waals surface area contributed by atoms with Gasteiger partial charge in [0.2, 0.25) is 0 Å². The summed E-state index contributed by atoms with van der Waals surface area (Å²) in [5.74, 6) is 0. The molecular weight excluding hydrogens is 249 g/mol. The fraction of sp³-hybridized carbons (Fsp3) is 0.500. The maximum absolute atomic E-state index is 11.7. The van der Waals surface area contributed by atoms with Crippen LogP contribution in [0, 0.1) is 0 Å². The Morgan fingerprint density at radius 2 is 2.19 bits per heavy atom. The summed E-state index contributed by atoms with van der Waals surface area (Å²) in [7, 11) is 0. The Morgan fingerprint density at radius 1 is 1.50 bits per heavy atom. The van der Waals surface area contributed by atoms with E-state index in [0.29, 0.717) is 0 Å². The van der Waals surface area contributed by atoms with Crippen molar-refractivity contribution in [3.8, 4) is 0 Å². The number of nitrogens with zero attached hydrogens (tertiary/aromatic N) is 2. The molecule has 8 heteroatoms. The van der Waals surface area contributed by atoms with Crippen LogP contribution in [0.3, 0.4) is 0 Å². The lowest BCUT2D eigenvalue weighted by Gasteiger charge is -2.08. The summed E-state index contributed by atoms with van der Waals surface area (Å²) in [5, 5.41) is 0.0393. The molecule has 0 fully saturated rings. The van der Waals surface area contributed by atoms with Gasteiger partial charge in [-0.25, -0.2) is 4.98 Å². The van der Waals surface area contributed by atoms with Crippen LogP contribution in [0.25, 0.3) is 0 Å². The van der Waals surface area contributed by atoms with Gasteiger partial charge >= 0.3 is 6.18 Å². The van der Waals surface area contributed by atoms with Crippen molar-refractivity contribution in [2.45, 2.75) is 12.7 Å². The molecule has 0 saturated carbocycles. The van der Waals surface area contributed by atoms with Crippen LogP contribution in [0.1, 0.15) is 0 Å². The molecule has 0 N–H and O–H groups in total. The molecule has 0 bridgehead atoms. The van der Waals surface area contributed by atoms with E-state index in [-0.39, 0.29) is 18.3 Å². The molecule has 0 unspecified atom stereocenters. The van der Waals surface area contributed by atoms with Crippen LogP contribution in [0.4, 0.5) is 13.2 Å². The van der Waals surface area contributed by atoms with Crippen LogP contribution in [0.2, 0.25) is 5.15 Å². The Morgan fingerprint density at radius 3 is 2.75 bits per heavy atom. The number of rotatable bonds is 4. The molecular formula is C8H8ClF3N2O2. The topological polar surface area (TPSA) is 44.1 Å². The van der Waals surface area contributed by atoms with Crippen molar-refractivity contribution in [3.05, 3.63) is 27.9 Å². The van der Waals surface area contributed by atoms with Gasteiger partial charge in [0.1, 0.15) is 11.8 Å². The van der Waals surface area contributed by atoms with Gasteiger partial charge in [-0.3, -0.25) is 9.36 Å². The standard InChI is InChI=1S/C8H8ClF3N2O2/c9-6-3-7(15)14(5-13-6)1-2-16-4-8(10,11)12/h3,5H,1-2,4H2. The number of alkyl halides is 3. The Balaban J connectivity index is 2.41. The molecule has 90 valence electrons. The SMILES string of the molecule is O=c1cc(Cl)ncn1CCOCC(F)(F)F. The minimum absolute atomic E-state index is 0.000910. The highest BCUT2D eigenvalue weighted by atomic mass is 35.5. The molecule has 0 spiro atoms. The zero-order chi connectivity index (χ0) is 12.2. The molecule has 16 heavy (non-hydrogen) atoms. The second kappa shape index (κ2) is 5.31. The van der Waals surface area contributed by atoms with Crippen molar-refractivity contribution in [2.24, 2.45) is 0 Å². The van der Waals surface area contributed by atoms with Crippen LogP contribution >= 0.6 is 11.6 Å². The first-order valence-corrected chi connectivity index (χ1v) is 4.63. The first kappa shape index (κ1) is 13.0. The van der Waals surface area contributed by atoms with Crippen molar-refractivity contribution in [1.29, 1.82) is 0 Å². The van der Waals surface area contributed by atoms with E-state index >= 15 is 0 Å². The predicted octanol–water partition coefficient (Wildman–Crippen LogP) is 1.48. The van der Waals surface area contributed by atoms with E-state index in [4.69, 9.17) is 11.6 Å². The second-order valence-corrected chi connectivity index (χ2v) is 3.30. The summed E-state index contributed by atoms with van der Waals surface area (Å²) >= 11 is 5.43. The van der Waals surface area contributed by atoms with E-state index in [1.54, 1.807) is 0 Å². The molecule has 0 saturated heterocycles. The molecule has 1 heterocycles. The molecule has 0 radical (unpaired) electrons. The highest BCUT2D eigenvalue weighted by Gasteiger charge is 2.27. The van der Waals surface area contributed by atoms with Crippen LogP contribution < -0.4 is 5.56 Å². The van der Waals surface area contributed by atoms with Gasteiger partial charge in [0.25, 0.3) is 5.56 Å². The molecule has 0 amide bonds. The lowest BCUT2D eigenvalue weighted by Crippen LogP contribution is -2.24. The molecule has 0 aliphatic rings. The Hall–Kier alpha value is -1.08. The molecule has 4 nitrogen and oxygen atoms in total. The normalized spacial score (nSPS) is 11.8. The van der Waals surface area contributed by atoms with E-state index in [9.17, 15) is 18.0 Å². The van der Waals surface area contributed by atoms with Crippen molar-refractivity contribution in [2.75, 3.05) is 13.2 Å². The van der Waals surface area contributed by atoms with Crippen molar-refractivity contribution >= 4 is 11.6 Å². The van der Waals surface area contributed by atoms with Gasteiger partial charge in [0, 0.05) is 6.07 Å². The van der Waals surface area contributed by atoms with E-state index in [2.05, 4.69) is 9.72 Å². The van der Waals surface area contributed by atoms with Crippen LogP contribution in [0.5, 0.6) is 0 Å². The van der Waals surface area contributed by atoms with Gasteiger partial charge in [-0.15, -0.1) is 0 Å². The van der Waals surface area contributed by atoms with E-state index in [1.165, 1.54) is 0 Å². The first-order chi connectivity index (χ1) is 7.38. The minimum Gasteiger partial charge on any atom is -0.370 e. The summed E-state index contributed by atoms with van der Waals surface area (Å²) in [4.78, 5) is 14.8. The summed E-state index contributed by atoms with van der Waals surface area (Å²) in [5.41, 5.74) is -0.435. The number of hydrogen-bond donors (Lipinski definition) is 0. The van der Waals surface area contributed by atoms with Crippen molar-refractivity contribution in [1.82, 2.24) is 9.55 Å². The maximum atomic E-state index is 11.7. The van der Waals surface area contributed by atoms with E-state index in [0.717, 1.165) is 17.0 Å². The zero-order valence-electron chi connectivity index (χ0n) is 8.00. The van der Waals surface area contributed by atoms with Crippen molar-refractivity contribution < 1.29 is 17.9 Å². The molecule has 0 aliphatic carbocycles. The Kier molecular flexibility index (Phi) is 4.31. The van der Waals surface area contributed by atoms with Crippen LogP contribution in [-0.4, -0.2) is 28.9 Å². The summed E-state index contributed by atoms with van der Waals surface area (Å²) in [6.07, 6.45) is -3.20. The largest absolute Gasteiger partial charge is 0.411 e. The molecule has 0 aliphatic heterocycles. The third-order valence-corrected chi connectivity index (χ3v) is 1.80. The van der Waals surface area contributed by atoms with Gasteiger partial charge in [-0.2, -0.15) is 13.2 Å². The average Bonchev–Trinajstić information content (AvgIpc) is 2.13. The summed E-state index contributed by atoms with van der Waals surface area (Å²) < 4.78 is 40.5. The number of hydrogen-bond acceptors (Lipinski definition) is 3. The fourth-order valence-corrected chi connectivity index (χ4v) is 1.06. The van der Waals surface area contributed by atoms with Gasteiger partial charge in [-0.05, 0) is 0 Å². The summed E-state index contributed by atoms with van der Waals surface area (Å²) in [6.45, 7) is -1.55. The first-order valence-electron chi connectivity index (χ1n) is 4.25. The molecule has 0 atom stereocenters. The molecule has 1 rings (SSSR count). The quantitative estimate of drug-likeness (QED) is 0.605. The van der Waals surface area contributed by atoms with Crippen molar-refractivity contribution in [3.63, 3.8) is 0 Å². The Bertz CT molecular complexity index is 405. The number of ether oxygens (including phenoxy) is 1. The van der Waals surface area contributed by atoms with Gasteiger partial charge in [0.05, 0.1) is 19.5 Å². The van der Waals surface area contributed by atoms with E-state index < -0.39 is 18.3 Å². The lowest BCUT2D eigenvalue weighted by molar-refractivity contribution is -0.174. The monoisotopic (exact) mass is 256 g/mol. The van der Waals surface area contributed by atoms with Gasteiger partial charge in [-0.1, -0.05) is 11.6 Å². The molecule has 1 aromatic rings. The van der Waals surface area contributed by atoms with Gasteiger partial charge in [0.15, 0.2) is 0 Å². The maximum Gasteiger partial charge on any atom is 0.411 e. The van der Waals surface area contributed by atoms with Gasteiger partial charge < -0.3 is 4.74 Å². The zero-order valence-corrected chi connectivity index (χ0v) is 8.75. The molecule has 0 aromatic carbocycles. The highest BCUT2D eigenvalue weighted by Crippen LogP contribution is 2.14. The van der Waals surface area contributed by atoms with E-state index in [1.807, 2.05) is 0 Å². The fourth-order valence-electron chi connectivity index (χ4n) is 0.923. The number of aromatic nitrogens is 2. The van der Waals surface area contributed by atoms with Crippen LogP contribution in [-0.2, 0) is 11.3 Å². The molecule has 1 aromatic heterocycles. The average molecular weight is 257 g/mol. The summed E-state index contributed by atoms with van der Waals surface area (Å²) in [6, 6.07) is 1.07. The predicted molar refractivity (Wildman–Crippen MR) is 50.4 cm³/mol. The lowest BCUT2D eigenvalue weighted by atomic mass is 10.6. The highest BCUT2D eigenvalue weighted by molar-refractivity contribution is 6.29. The smallest absolute Gasteiger partial charge is 0.370 e.